The van der Waals surface area contributed by atoms with Gasteiger partial charge in [0, 0.05) is 23.2 Å². The summed E-state index contributed by atoms with van der Waals surface area (Å²) in [5.41, 5.74) is 4.07. The van der Waals surface area contributed by atoms with Gasteiger partial charge in [0.2, 0.25) is 0 Å². The topological polar surface area (TPSA) is 24.9 Å². The number of aryl methyl sites for hydroxylation is 2. The third-order valence-corrected chi connectivity index (χ3v) is 3.85. The van der Waals surface area contributed by atoms with Crippen LogP contribution in [0.1, 0.15) is 48.4 Å². The summed E-state index contributed by atoms with van der Waals surface area (Å²) in [6, 6.07) is 2.89. The fourth-order valence-corrected chi connectivity index (χ4v) is 3.25. The fraction of sp³-hybridized carbons (Fsp3) is 0.615. The Labute approximate surface area is 91.1 Å². The maximum absolute atomic E-state index is 4.63. The molecule has 1 aliphatic carbocycles. The van der Waals surface area contributed by atoms with Crippen molar-refractivity contribution >= 4 is 5.82 Å². The molecule has 80 valence electrons. The van der Waals surface area contributed by atoms with Gasteiger partial charge in [0.1, 0.15) is 5.82 Å². The van der Waals surface area contributed by atoms with Crippen LogP contribution in [-0.4, -0.2) is 11.0 Å². The highest BCUT2D eigenvalue weighted by Crippen LogP contribution is 2.44. The molecule has 2 heteroatoms. The predicted molar refractivity (Wildman–Crippen MR) is 62.3 cm³/mol. The zero-order valence-corrected chi connectivity index (χ0v) is 9.51. The Hall–Kier alpha value is -1.05. The number of fused-ring (bicyclic) bond motifs is 3. The average molecular weight is 202 g/mol. The van der Waals surface area contributed by atoms with Gasteiger partial charge in [0.05, 0.1) is 0 Å². The molecular formula is C13H18N2. The summed E-state index contributed by atoms with van der Waals surface area (Å²) in [5, 5.41) is 3.61. The van der Waals surface area contributed by atoms with Crippen molar-refractivity contribution in [3.63, 3.8) is 0 Å². The van der Waals surface area contributed by atoms with Gasteiger partial charge in [-0.05, 0) is 38.3 Å². The summed E-state index contributed by atoms with van der Waals surface area (Å²) < 4.78 is 0. The lowest BCUT2D eigenvalue weighted by molar-refractivity contribution is 0.421. The van der Waals surface area contributed by atoms with Crippen LogP contribution >= 0.6 is 0 Å². The lowest BCUT2D eigenvalue weighted by Crippen LogP contribution is -2.24. The molecule has 1 aromatic heterocycles. The third-order valence-electron chi connectivity index (χ3n) is 3.85. The van der Waals surface area contributed by atoms with Gasteiger partial charge >= 0.3 is 0 Å². The van der Waals surface area contributed by atoms with Crippen molar-refractivity contribution in [1.29, 1.82) is 0 Å². The molecule has 3 rings (SSSR count). The predicted octanol–water partition coefficient (Wildman–Crippen LogP) is 3.15. The van der Waals surface area contributed by atoms with E-state index < -0.39 is 0 Å². The third kappa shape index (κ3) is 1.35. The van der Waals surface area contributed by atoms with Crippen LogP contribution in [0.15, 0.2) is 6.07 Å². The first-order chi connectivity index (χ1) is 7.25. The molecule has 2 unspecified atom stereocenters. The van der Waals surface area contributed by atoms with E-state index in [1.54, 1.807) is 0 Å². The summed E-state index contributed by atoms with van der Waals surface area (Å²) in [5.74, 6) is 1.91. The van der Waals surface area contributed by atoms with Crippen molar-refractivity contribution in [2.45, 2.75) is 51.5 Å². The molecule has 1 aliphatic heterocycles. The number of pyridine rings is 1. The number of anilines is 1. The fourth-order valence-electron chi connectivity index (χ4n) is 3.25. The molecule has 15 heavy (non-hydrogen) atoms. The van der Waals surface area contributed by atoms with Crippen molar-refractivity contribution in [2.24, 2.45) is 0 Å². The van der Waals surface area contributed by atoms with Gasteiger partial charge < -0.3 is 5.32 Å². The van der Waals surface area contributed by atoms with Crippen LogP contribution in [0, 0.1) is 13.8 Å². The van der Waals surface area contributed by atoms with E-state index in [9.17, 15) is 0 Å². The van der Waals surface area contributed by atoms with Gasteiger partial charge in [-0.2, -0.15) is 0 Å². The maximum atomic E-state index is 4.63. The Kier molecular flexibility index (Phi) is 1.98. The van der Waals surface area contributed by atoms with Crippen LogP contribution in [0.2, 0.25) is 0 Å². The van der Waals surface area contributed by atoms with E-state index in [1.165, 1.54) is 42.6 Å². The lowest BCUT2D eigenvalue weighted by atomic mass is 9.81. The van der Waals surface area contributed by atoms with E-state index in [0.29, 0.717) is 6.04 Å². The van der Waals surface area contributed by atoms with E-state index in [4.69, 9.17) is 0 Å². The van der Waals surface area contributed by atoms with E-state index in [-0.39, 0.29) is 0 Å². The molecule has 1 fully saturated rings. The second-order valence-corrected chi connectivity index (χ2v) is 4.98. The monoisotopic (exact) mass is 202 g/mol. The van der Waals surface area contributed by atoms with Crippen LogP contribution in [0.5, 0.6) is 0 Å². The minimum absolute atomic E-state index is 0.668. The highest BCUT2D eigenvalue weighted by Gasteiger charge is 2.35. The average Bonchev–Trinajstić information content (AvgIpc) is 2.54. The molecule has 2 atom stereocenters. The van der Waals surface area contributed by atoms with E-state index in [1.807, 2.05) is 0 Å². The van der Waals surface area contributed by atoms with Gasteiger partial charge in [-0.15, -0.1) is 0 Å². The quantitative estimate of drug-likeness (QED) is 0.699. The summed E-state index contributed by atoms with van der Waals surface area (Å²) in [6.07, 6.45) is 5.42. The highest BCUT2D eigenvalue weighted by molar-refractivity contribution is 5.58. The maximum Gasteiger partial charge on any atom is 0.130 e. The number of hydrogen-bond donors (Lipinski definition) is 1. The van der Waals surface area contributed by atoms with Crippen LogP contribution in [0.3, 0.4) is 0 Å². The Bertz CT molecular complexity index is 398. The number of nitrogens with one attached hydrogen (secondary N) is 1. The van der Waals surface area contributed by atoms with Gasteiger partial charge in [-0.25, -0.2) is 4.98 Å². The summed E-state index contributed by atoms with van der Waals surface area (Å²) in [4.78, 5) is 4.63. The number of nitrogens with zero attached hydrogens (tertiary/aromatic N) is 1. The summed E-state index contributed by atoms with van der Waals surface area (Å²) in [7, 11) is 0. The first kappa shape index (κ1) is 9.20. The molecule has 0 amide bonds. The van der Waals surface area contributed by atoms with Gasteiger partial charge in [0.15, 0.2) is 0 Å². The Balaban J connectivity index is 2.08. The Morgan fingerprint density at radius 3 is 2.93 bits per heavy atom. The molecule has 0 spiro atoms. The largest absolute Gasteiger partial charge is 0.366 e. The molecule has 1 aromatic rings. The molecule has 1 saturated carbocycles. The summed E-state index contributed by atoms with van der Waals surface area (Å²) >= 11 is 0. The molecule has 2 aliphatic rings. The second kappa shape index (κ2) is 3.22. The molecule has 2 heterocycles. The normalized spacial score (nSPS) is 28.1. The lowest BCUT2D eigenvalue weighted by Gasteiger charge is -2.25. The van der Waals surface area contributed by atoms with Crippen molar-refractivity contribution < 1.29 is 0 Å². The number of hydrogen-bond acceptors (Lipinski definition) is 2. The van der Waals surface area contributed by atoms with Crippen molar-refractivity contribution in [3.8, 4) is 0 Å². The first-order valence-electron chi connectivity index (χ1n) is 6.00. The Morgan fingerprint density at radius 2 is 2.07 bits per heavy atom. The van der Waals surface area contributed by atoms with Crippen LogP contribution < -0.4 is 5.32 Å². The molecular weight excluding hydrogens is 184 g/mol. The van der Waals surface area contributed by atoms with Crippen molar-refractivity contribution in [3.05, 3.63) is 22.9 Å². The van der Waals surface area contributed by atoms with Gasteiger partial charge in [-0.3, -0.25) is 0 Å². The summed E-state index contributed by atoms with van der Waals surface area (Å²) in [6.45, 7) is 4.31. The van der Waals surface area contributed by atoms with E-state index in [2.05, 4.69) is 30.2 Å². The minimum atomic E-state index is 0.668. The zero-order valence-electron chi connectivity index (χ0n) is 9.51. The first-order valence-corrected chi connectivity index (χ1v) is 6.00. The van der Waals surface area contributed by atoms with Crippen LogP contribution in [-0.2, 0) is 0 Å². The SMILES string of the molecule is Cc1cc(C)c2c(n1)NC1CCCCC21. The van der Waals surface area contributed by atoms with Crippen molar-refractivity contribution in [2.75, 3.05) is 5.32 Å². The number of rotatable bonds is 0. The zero-order chi connectivity index (χ0) is 10.4. The second-order valence-electron chi connectivity index (χ2n) is 4.98. The number of aromatic nitrogens is 1. The van der Waals surface area contributed by atoms with Crippen LogP contribution in [0.25, 0.3) is 0 Å². The molecule has 0 saturated heterocycles. The minimum Gasteiger partial charge on any atom is -0.366 e. The molecule has 2 nitrogen and oxygen atoms in total. The standard InChI is InChI=1S/C13H18N2/c1-8-7-9(2)14-13-12(8)10-5-3-4-6-11(10)15-13/h7,10-11H,3-6H2,1-2H3,(H,14,15). The molecule has 0 radical (unpaired) electrons. The van der Waals surface area contributed by atoms with Crippen molar-refractivity contribution in [1.82, 2.24) is 4.98 Å². The smallest absolute Gasteiger partial charge is 0.130 e. The van der Waals surface area contributed by atoms with Gasteiger partial charge in [0.25, 0.3) is 0 Å². The van der Waals surface area contributed by atoms with Gasteiger partial charge in [-0.1, -0.05) is 12.8 Å². The van der Waals surface area contributed by atoms with E-state index >= 15 is 0 Å². The highest BCUT2D eigenvalue weighted by atomic mass is 15.1. The molecule has 1 N–H and O–H groups in total. The molecule has 0 aromatic carbocycles. The molecule has 0 bridgehead atoms. The van der Waals surface area contributed by atoms with Crippen LogP contribution in [0.4, 0.5) is 5.82 Å². The Morgan fingerprint density at radius 1 is 1.27 bits per heavy atom. The van der Waals surface area contributed by atoms with E-state index in [0.717, 1.165) is 11.6 Å².